The summed E-state index contributed by atoms with van der Waals surface area (Å²) in [6.45, 7) is 7.58. The molecular weight excluding hydrogens is 457 g/mol. The summed E-state index contributed by atoms with van der Waals surface area (Å²) < 4.78 is 46.7. The number of anilines is 2. The van der Waals surface area contributed by atoms with Gasteiger partial charge in [0.2, 0.25) is 0 Å². The highest BCUT2D eigenvalue weighted by atomic mass is 32.2. The second-order valence-corrected chi connectivity index (χ2v) is 9.15. The second kappa shape index (κ2) is 11.6. The maximum atomic E-state index is 13.8. The van der Waals surface area contributed by atoms with Gasteiger partial charge in [0.1, 0.15) is 18.2 Å². The van der Waals surface area contributed by atoms with Crippen molar-refractivity contribution >= 4 is 27.3 Å². The third-order valence-corrected chi connectivity index (χ3v) is 6.61. The fourth-order valence-electron chi connectivity index (χ4n) is 3.20. The Labute approximate surface area is 199 Å². The topological polar surface area (TPSA) is 87.7 Å². The van der Waals surface area contributed by atoms with Gasteiger partial charge in [-0.1, -0.05) is 26.0 Å². The lowest BCUT2D eigenvalue weighted by Gasteiger charge is -2.18. The monoisotopic (exact) mass is 485 g/mol. The Morgan fingerprint density at radius 2 is 1.59 bits per heavy atom. The van der Waals surface area contributed by atoms with Crippen LogP contribution in [-0.4, -0.2) is 45.5 Å². The number of rotatable bonds is 11. The SMILES string of the molecule is CCN(CC)CCOc1ccc(NC(=O)c2ccc(S(=O)(=O)Nc3ccccc3F)cc2)cc1. The summed E-state index contributed by atoms with van der Waals surface area (Å²) in [6, 6.07) is 17.9. The van der Waals surface area contributed by atoms with Gasteiger partial charge in [-0.3, -0.25) is 9.52 Å². The summed E-state index contributed by atoms with van der Waals surface area (Å²) in [5, 5.41) is 2.77. The van der Waals surface area contributed by atoms with E-state index in [1.165, 1.54) is 42.5 Å². The van der Waals surface area contributed by atoms with Gasteiger partial charge in [-0.2, -0.15) is 0 Å². The third-order valence-electron chi connectivity index (χ3n) is 5.23. The number of hydrogen-bond donors (Lipinski definition) is 2. The van der Waals surface area contributed by atoms with Crippen molar-refractivity contribution in [1.82, 2.24) is 4.90 Å². The molecule has 0 aliphatic carbocycles. The van der Waals surface area contributed by atoms with E-state index in [4.69, 9.17) is 4.74 Å². The minimum atomic E-state index is -4.00. The van der Waals surface area contributed by atoms with Crippen LogP contribution in [0.3, 0.4) is 0 Å². The fraction of sp³-hybridized carbons (Fsp3) is 0.240. The maximum absolute atomic E-state index is 13.8. The van der Waals surface area contributed by atoms with Gasteiger partial charge in [0.25, 0.3) is 15.9 Å². The fourth-order valence-corrected chi connectivity index (χ4v) is 4.27. The number of halogens is 1. The van der Waals surface area contributed by atoms with Crippen LogP contribution in [0, 0.1) is 5.82 Å². The molecule has 34 heavy (non-hydrogen) atoms. The predicted molar refractivity (Wildman–Crippen MR) is 131 cm³/mol. The quantitative estimate of drug-likeness (QED) is 0.415. The Kier molecular flexibility index (Phi) is 8.61. The Morgan fingerprint density at radius 3 is 2.21 bits per heavy atom. The number of para-hydroxylation sites is 1. The third kappa shape index (κ3) is 6.79. The van der Waals surface area contributed by atoms with Crippen LogP contribution >= 0.6 is 0 Å². The summed E-state index contributed by atoms with van der Waals surface area (Å²) in [4.78, 5) is 14.7. The van der Waals surface area contributed by atoms with Crippen LogP contribution in [0.2, 0.25) is 0 Å². The molecule has 0 radical (unpaired) electrons. The number of ether oxygens (including phenoxy) is 1. The average molecular weight is 486 g/mol. The van der Waals surface area contributed by atoms with E-state index in [0.29, 0.717) is 18.0 Å². The van der Waals surface area contributed by atoms with Crippen LogP contribution in [0.25, 0.3) is 0 Å². The van der Waals surface area contributed by atoms with Crippen molar-refractivity contribution in [3.05, 3.63) is 84.2 Å². The van der Waals surface area contributed by atoms with Gasteiger partial charge in [0.05, 0.1) is 10.6 Å². The Bertz CT molecular complexity index is 1200. The number of nitrogens with zero attached hydrogens (tertiary/aromatic N) is 1. The maximum Gasteiger partial charge on any atom is 0.261 e. The van der Waals surface area contributed by atoms with Crippen molar-refractivity contribution in [3.8, 4) is 5.75 Å². The van der Waals surface area contributed by atoms with Gasteiger partial charge in [0.15, 0.2) is 0 Å². The minimum absolute atomic E-state index is 0.0847. The summed E-state index contributed by atoms with van der Waals surface area (Å²) in [6.07, 6.45) is 0. The lowest BCUT2D eigenvalue weighted by atomic mass is 10.2. The highest BCUT2D eigenvalue weighted by Crippen LogP contribution is 2.20. The molecule has 0 spiro atoms. The van der Waals surface area contributed by atoms with Crippen LogP contribution in [0.15, 0.2) is 77.7 Å². The first-order chi connectivity index (χ1) is 16.3. The van der Waals surface area contributed by atoms with Crippen molar-refractivity contribution in [3.63, 3.8) is 0 Å². The number of amides is 1. The Balaban J connectivity index is 1.58. The zero-order chi connectivity index (χ0) is 24.6. The summed E-state index contributed by atoms with van der Waals surface area (Å²) in [5.74, 6) is -0.356. The lowest BCUT2D eigenvalue weighted by molar-refractivity contribution is 0.102. The summed E-state index contributed by atoms with van der Waals surface area (Å²) in [7, 11) is -4.00. The van der Waals surface area contributed by atoms with Gasteiger partial charge >= 0.3 is 0 Å². The number of likely N-dealkylation sites (N-methyl/N-ethyl adjacent to an activating group) is 1. The van der Waals surface area contributed by atoms with Crippen LogP contribution < -0.4 is 14.8 Å². The molecule has 7 nitrogen and oxygen atoms in total. The molecule has 9 heteroatoms. The molecule has 0 unspecified atom stereocenters. The first kappa shape index (κ1) is 25.2. The molecule has 3 rings (SSSR count). The van der Waals surface area contributed by atoms with E-state index in [1.54, 1.807) is 24.3 Å². The molecule has 0 fully saturated rings. The number of sulfonamides is 1. The van der Waals surface area contributed by atoms with Gasteiger partial charge < -0.3 is 15.0 Å². The first-order valence-electron chi connectivity index (χ1n) is 11.0. The molecule has 1 amide bonds. The molecule has 3 aromatic rings. The van der Waals surface area contributed by atoms with E-state index in [0.717, 1.165) is 25.7 Å². The number of carbonyl (C=O) groups is 1. The molecule has 0 saturated heterocycles. The number of nitrogens with one attached hydrogen (secondary N) is 2. The molecule has 0 bridgehead atoms. The average Bonchev–Trinajstić information content (AvgIpc) is 2.84. The number of hydrogen-bond acceptors (Lipinski definition) is 5. The van der Waals surface area contributed by atoms with E-state index in [-0.39, 0.29) is 22.1 Å². The van der Waals surface area contributed by atoms with E-state index in [2.05, 4.69) is 28.8 Å². The molecule has 0 aliphatic rings. The normalized spacial score (nSPS) is 11.3. The molecule has 0 atom stereocenters. The van der Waals surface area contributed by atoms with E-state index in [9.17, 15) is 17.6 Å². The number of benzene rings is 3. The van der Waals surface area contributed by atoms with Crippen molar-refractivity contribution in [2.24, 2.45) is 0 Å². The Hall–Kier alpha value is -3.43. The highest BCUT2D eigenvalue weighted by molar-refractivity contribution is 7.92. The predicted octanol–water partition coefficient (Wildman–Crippen LogP) is 4.60. The molecule has 0 saturated carbocycles. The lowest BCUT2D eigenvalue weighted by Crippen LogP contribution is -2.27. The molecule has 3 aromatic carbocycles. The molecule has 0 aromatic heterocycles. The molecule has 0 heterocycles. The standard InChI is InChI=1S/C25H28FN3O4S/c1-3-29(4-2)17-18-33-21-13-11-20(12-14-21)27-25(30)19-9-15-22(16-10-19)34(31,32)28-24-8-6-5-7-23(24)26/h5-16,28H,3-4,17-18H2,1-2H3,(H,27,30). The van der Waals surface area contributed by atoms with Gasteiger partial charge in [-0.05, 0) is 73.8 Å². The van der Waals surface area contributed by atoms with Crippen molar-refractivity contribution in [2.45, 2.75) is 18.7 Å². The molecule has 0 aliphatic heterocycles. The largest absolute Gasteiger partial charge is 0.492 e. The van der Waals surface area contributed by atoms with Crippen molar-refractivity contribution in [2.75, 3.05) is 36.3 Å². The van der Waals surface area contributed by atoms with Crippen molar-refractivity contribution in [1.29, 1.82) is 0 Å². The zero-order valence-corrected chi connectivity index (χ0v) is 19.9. The number of carbonyl (C=O) groups excluding carboxylic acids is 1. The Morgan fingerprint density at radius 1 is 0.941 bits per heavy atom. The summed E-state index contributed by atoms with van der Waals surface area (Å²) >= 11 is 0. The smallest absolute Gasteiger partial charge is 0.261 e. The van der Waals surface area contributed by atoms with Crippen LogP contribution in [0.4, 0.5) is 15.8 Å². The van der Waals surface area contributed by atoms with E-state index < -0.39 is 15.8 Å². The van der Waals surface area contributed by atoms with Crippen LogP contribution in [0.1, 0.15) is 24.2 Å². The van der Waals surface area contributed by atoms with Gasteiger partial charge in [-0.25, -0.2) is 12.8 Å². The van der Waals surface area contributed by atoms with E-state index >= 15 is 0 Å². The van der Waals surface area contributed by atoms with E-state index in [1.807, 2.05) is 0 Å². The molecular formula is C25H28FN3O4S. The van der Waals surface area contributed by atoms with Gasteiger partial charge in [0, 0.05) is 17.8 Å². The molecule has 2 N–H and O–H groups in total. The van der Waals surface area contributed by atoms with Crippen LogP contribution in [-0.2, 0) is 10.0 Å². The van der Waals surface area contributed by atoms with Gasteiger partial charge in [-0.15, -0.1) is 0 Å². The molecule has 180 valence electrons. The first-order valence-corrected chi connectivity index (χ1v) is 12.4. The van der Waals surface area contributed by atoms with Crippen molar-refractivity contribution < 1.29 is 22.3 Å². The zero-order valence-electron chi connectivity index (χ0n) is 19.1. The second-order valence-electron chi connectivity index (χ2n) is 7.46. The van der Waals surface area contributed by atoms with Crippen LogP contribution in [0.5, 0.6) is 5.75 Å². The highest BCUT2D eigenvalue weighted by Gasteiger charge is 2.17. The summed E-state index contributed by atoms with van der Waals surface area (Å²) in [5.41, 5.74) is 0.716. The minimum Gasteiger partial charge on any atom is -0.492 e.